The van der Waals surface area contributed by atoms with Crippen LogP contribution in [-0.2, 0) is 16.6 Å². The number of anilines is 1. The normalized spacial score (nSPS) is 11.3. The fraction of sp³-hybridized carbons (Fsp3) is 0.105. The van der Waals surface area contributed by atoms with E-state index in [0.29, 0.717) is 11.3 Å². The summed E-state index contributed by atoms with van der Waals surface area (Å²) in [5.41, 5.74) is 0.640. The maximum atomic E-state index is 13.9. The number of aryl methyl sites for hydroxylation is 1. The van der Waals surface area contributed by atoms with Crippen LogP contribution in [0.3, 0.4) is 0 Å². The van der Waals surface area contributed by atoms with Crippen molar-refractivity contribution in [2.75, 3.05) is 5.32 Å². The number of benzene rings is 2. The molecule has 3 aromatic rings. The van der Waals surface area contributed by atoms with E-state index < -0.39 is 21.7 Å². The second kappa shape index (κ2) is 7.73. The van der Waals surface area contributed by atoms with Crippen molar-refractivity contribution >= 4 is 21.6 Å². The monoisotopic (exact) mass is 388 g/mol. The summed E-state index contributed by atoms with van der Waals surface area (Å²) in [5, 5.41) is 2.53. The van der Waals surface area contributed by atoms with Gasteiger partial charge in [-0.3, -0.25) is 4.79 Å². The maximum Gasteiger partial charge on any atom is 0.258 e. The Labute approximate surface area is 156 Å². The van der Waals surface area contributed by atoms with Gasteiger partial charge in [-0.05, 0) is 48.9 Å². The third-order valence-electron chi connectivity index (χ3n) is 3.87. The summed E-state index contributed by atoms with van der Waals surface area (Å²) in [6.45, 7) is 1.62. The molecule has 1 amide bonds. The van der Waals surface area contributed by atoms with Gasteiger partial charge in [0.15, 0.2) is 0 Å². The Morgan fingerprint density at radius 2 is 1.89 bits per heavy atom. The third-order valence-corrected chi connectivity index (χ3v) is 5.27. The average Bonchev–Trinajstić information content (AvgIpc) is 3.14. The molecule has 1 heterocycles. The lowest BCUT2D eigenvalue weighted by Crippen LogP contribution is -2.23. The van der Waals surface area contributed by atoms with Crippen LogP contribution in [0.5, 0.6) is 0 Å². The summed E-state index contributed by atoms with van der Waals surface area (Å²) in [5.74, 6) is -0.821. The van der Waals surface area contributed by atoms with Gasteiger partial charge in [0.25, 0.3) is 5.91 Å². The molecule has 0 aliphatic heterocycles. The SMILES string of the molecule is Cc1cccc(F)c1C(=O)Nc1cccc(S(=O)(=O)NCc2ccco2)c1. The average molecular weight is 388 g/mol. The second-order valence-electron chi connectivity index (χ2n) is 5.82. The third kappa shape index (κ3) is 4.42. The van der Waals surface area contributed by atoms with E-state index in [-0.39, 0.29) is 22.7 Å². The summed E-state index contributed by atoms with van der Waals surface area (Å²) in [4.78, 5) is 12.3. The van der Waals surface area contributed by atoms with Gasteiger partial charge >= 0.3 is 0 Å². The van der Waals surface area contributed by atoms with Crippen molar-refractivity contribution in [3.63, 3.8) is 0 Å². The zero-order chi connectivity index (χ0) is 19.4. The van der Waals surface area contributed by atoms with Crippen LogP contribution in [0.2, 0.25) is 0 Å². The van der Waals surface area contributed by atoms with Crippen LogP contribution in [0.1, 0.15) is 21.7 Å². The summed E-state index contributed by atoms with van der Waals surface area (Å²) in [7, 11) is -3.81. The van der Waals surface area contributed by atoms with Crippen LogP contribution in [-0.4, -0.2) is 14.3 Å². The number of carbonyl (C=O) groups excluding carboxylic acids is 1. The van der Waals surface area contributed by atoms with Crippen molar-refractivity contribution in [3.05, 3.63) is 83.6 Å². The minimum absolute atomic E-state index is 0.000339. The molecule has 1 aromatic heterocycles. The molecule has 0 unspecified atom stereocenters. The van der Waals surface area contributed by atoms with Crippen LogP contribution < -0.4 is 10.0 Å². The first-order valence-corrected chi connectivity index (χ1v) is 9.54. The Hall–Kier alpha value is -2.97. The molecule has 0 radical (unpaired) electrons. The lowest BCUT2D eigenvalue weighted by atomic mass is 10.1. The molecule has 0 saturated heterocycles. The Kier molecular flexibility index (Phi) is 5.38. The van der Waals surface area contributed by atoms with E-state index >= 15 is 0 Å². The molecule has 0 aliphatic carbocycles. The van der Waals surface area contributed by atoms with Gasteiger partial charge < -0.3 is 9.73 Å². The van der Waals surface area contributed by atoms with E-state index in [4.69, 9.17) is 4.42 Å². The molecule has 2 N–H and O–H groups in total. The quantitative estimate of drug-likeness (QED) is 0.677. The van der Waals surface area contributed by atoms with Crippen molar-refractivity contribution in [3.8, 4) is 0 Å². The van der Waals surface area contributed by atoms with Crippen LogP contribution in [0.25, 0.3) is 0 Å². The van der Waals surface area contributed by atoms with Gasteiger partial charge in [0, 0.05) is 5.69 Å². The molecule has 0 spiro atoms. The van der Waals surface area contributed by atoms with Crippen LogP contribution in [0.4, 0.5) is 10.1 Å². The number of halogens is 1. The molecular weight excluding hydrogens is 371 g/mol. The largest absolute Gasteiger partial charge is 0.468 e. The number of rotatable bonds is 6. The van der Waals surface area contributed by atoms with Gasteiger partial charge in [0.1, 0.15) is 11.6 Å². The zero-order valence-electron chi connectivity index (χ0n) is 14.4. The topological polar surface area (TPSA) is 88.4 Å². The van der Waals surface area contributed by atoms with E-state index in [2.05, 4.69) is 10.0 Å². The standard InChI is InChI=1S/C19H17FN2O4S/c1-13-5-2-9-17(20)18(13)19(23)22-14-6-3-8-16(11-14)27(24,25)21-12-15-7-4-10-26-15/h2-11,21H,12H2,1H3,(H,22,23). The lowest BCUT2D eigenvalue weighted by molar-refractivity contribution is 0.102. The maximum absolute atomic E-state index is 13.9. The summed E-state index contributed by atoms with van der Waals surface area (Å²) in [6.07, 6.45) is 1.45. The van der Waals surface area contributed by atoms with Gasteiger partial charge in [-0.2, -0.15) is 0 Å². The van der Waals surface area contributed by atoms with Crippen molar-refractivity contribution in [2.45, 2.75) is 18.4 Å². The number of sulfonamides is 1. The second-order valence-corrected chi connectivity index (χ2v) is 7.58. The molecule has 0 fully saturated rings. The van der Waals surface area contributed by atoms with Crippen LogP contribution in [0, 0.1) is 12.7 Å². The van der Waals surface area contributed by atoms with Crippen molar-refractivity contribution in [2.24, 2.45) is 0 Å². The molecule has 3 rings (SSSR count). The van der Waals surface area contributed by atoms with Crippen LogP contribution in [0.15, 0.2) is 70.2 Å². The number of hydrogen-bond donors (Lipinski definition) is 2. The van der Waals surface area contributed by atoms with Crippen LogP contribution >= 0.6 is 0 Å². The first kappa shape index (κ1) is 18.8. The van der Waals surface area contributed by atoms with E-state index in [1.54, 1.807) is 25.1 Å². The molecule has 2 aromatic carbocycles. The van der Waals surface area contributed by atoms with Gasteiger partial charge in [-0.15, -0.1) is 0 Å². The summed E-state index contributed by atoms with van der Waals surface area (Å²) >= 11 is 0. The van der Waals surface area contributed by atoms with Gasteiger partial charge in [0.05, 0.1) is 23.3 Å². The summed E-state index contributed by atoms with van der Waals surface area (Å²) in [6, 6.07) is 13.4. The van der Waals surface area contributed by atoms with Crippen molar-refractivity contribution in [1.82, 2.24) is 4.72 Å². The van der Waals surface area contributed by atoms with E-state index in [0.717, 1.165) is 0 Å². The molecule has 140 valence electrons. The molecule has 0 atom stereocenters. The summed E-state index contributed by atoms with van der Waals surface area (Å²) < 4.78 is 46.3. The molecule has 8 heteroatoms. The van der Waals surface area contributed by atoms with Gasteiger partial charge in [-0.1, -0.05) is 18.2 Å². The van der Waals surface area contributed by atoms with E-state index in [1.165, 1.54) is 42.7 Å². The molecular formula is C19H17FN2O4S. The molecule has 0 aliphatic rings. The number of amides is 1. The highest BCUT2D eigenvalue weighted by Gasteiger charge is 2.17. The predicted octanol–water partition coefficient (Wildman–Crippen LogP) is 3.46. The Balaban J connectivity index is 1.78. The Morgan fingerprint density at radius 3 is 2.59 bits per heavy atom. The lowest BCUT2D eigenvalue weighted by Gasteiger charge is -2.10. The number of carbonyl (C=O) groups is 1. The van der Waals surface area contributed by atoms with Crippen molar-refractivity contribution < 1.29 is 22.0 Å². The first-order valence-electron chi connectivity index (χ1n) is 8.05. The fourth-order valence-electron chi connectivity index (χ4n) is 2.52. The molecule has 27 heavy (non-hydrogen) atoms. The molecule has 0 saturated carbocycles. The molecule has 0 bridgehead atoms. The highest BCUT2D eigenvalue weighted by molar-refractivity contribution is 7.89. The number of furan rings is 1. The van der Waals surface area contributed by atoms with Gasteiger partial charge in [-0.25, -0.2) is 17.5 Å². The minimum atomic E-state index is -3.81. The minimum Gasteiger partial charge on any atom is -0.468 e. The first-order chi connectivity index (χ1) is 12.9. The fourth-order valence-corrected chi connectivity index (χ4v) is 3.56. The Morgan fingerprint density at radius 1 is 1.11 bits per heavy atom. The van der Waals surface area contributed by atoms with E-state index in [9.17, 15) is 17.6 Å². The number of nitrogens with one attached hydrogen (secondary N) is 2. The van der Waals surface area contributed by atoms with E-state index in [1.807, 2.05) is 0 Å². The predicted molar refractivity (Wildman–Crippen MR) is 98.3 cm³/mol. The number of hydrogen-bond acceptors (Lipinski definition) is 4. The van der Waals surface area contributed by atoms with Gasteiger partial charge in [0.2, 0.25) is 10.0 Å². The highest BCUT2D eigenvalue weighted by atomic mass is 32.2. The smallest absolute Gasteiger partial charge is 0.258 e. The van der Waals surface area contributed by atoms with Crippen molar-refractivity contribution in [1.29, 1.82) is 0 Å². The Bertz CT molecular complexity index is 1040. The highest BCUT2D eigenvalue weighted by Crippen LogP contribution is 2.19. The zero-order valence-corrected chi connectivity index (χ0v) is 15.2. The molecule has 6 nitrogen and oxygen atoms in total.